The van der Waals surface area contributed by atoms with Crippen molar-refractivity contribution in [3.63, 3.8) is 0 Å². The molecule has 0 saturated carbocycles. The van der Waals surface area contributed by atoms with Gasteiger partial charge in [-0.15, -0.1) is 0 Å². The summed E-state index contributed by atoms with van der Waals surface area (Å²) in [4.78, 5) is 2.33. The lowest BCUT2D eigenvalue weighted by Crippen LogP contribution is -2.37. The fourth-order valence-corrected chi connectivity index (χ4v) is 2.32. The second kappa shape index (κ2) is 6.15. The highest BCUT2D eigenvalue weighted by molar-refractivity contribution is 5.59. The summed E-state index contributed by atoms with van der Waals surface area (Å²) in [5.41, 5.74) is 1.04. The molecular formula is C15H17FN2O2. The van der Waals surface area contributed by atoms with Crippen LogP contribution in [0.1, 0.15) is 5.76 Å². The van der Waals surface area contributed by atoms with Gasteiger partial charge in [0.2, 0.25) is 0 Å². The smallest absolute Gasteiger partial charge is 0.138 e. The lowest BCUT2D eigenvalue weighted by Gasteiger charge is -2.25. The van der Waals surface area contributed by atoms with E-state index < -0.39 is 0 Å². The SMILES string of the molecule is Fc1ccccc1-c1cc(CCN2CCOCC2)on1. The molecule has 0 N–H and O–H groups in total. The first-order valence-corrected chi connectivity index (χ1v) is 6.83. The zero-order valence-electron chi connectivity index (χ0n) is 11.2. The summed E-state index contributed by atoms with van der Waals surface area (Å²) in [5, 5.41) is 3.95. The van der Waals surface area contributed by atoms with Crippen LogP contribution in [-0.4, -0.2) is 42.9 Å². The van der Waals surface area contributed by atoms with Crippen LogP contribution in [0.2, 0.25) is 0 Å². The summed E-state index contributed by atoms with van der Waals surface area (Å²) in [6.45, 7) is 4.39. The van der Waals surface area contributed by atoms with Crippen LogP contribution in [0.3, 0.4) is 0 Å². The second-order valence-corrected chi connectivity index (χ2v) is 4.86. The third-order valence-corrected chi connectivity index (χ3v) is 3.49. The molecule has 0 amide bonds. The first-order chi connectivity index (χ1) is 9.83. The Kier molecular flexibility index (Phi) is 4.08. The molecule has 1 aromatic carbocycles. The van der Waals surface area contributed by atoms with Crippen molar-refractivity contribution >= 4 is 0 Å². The first-order valence-electron chi connectivity index (χ1n) is 6.83. The largest absolute Gasteiger partial charge is 0.379 e. The molecule has 106 valence electrons. The minimum absolute atomic E-state index is 0.277. The number of hydrogen-bond acceptors (Lipinski definition) is 4. The van der Waals surface area contributed by atoms with E-state index in [9.17, 15) is 4.39 Å². The maximum Gasteiger partial charge on any atom is 0.138 e. The average Bonchev–Trinajstić information content (AvgIpc) is 2.95. The summed E-state index contributed by atoms with van der Waals surface area (Å²) >= 11 is 0. The predicted octanol–water partition coefficient (Wildman–Crippen LogP) is 2.36. The molecule has 0 atom stereocenters. The minimum Gasteiger partial charge on any atom is -0.379 e. The Hall–Kier alpha value is -1.72. The molecule has 0 spiro atoms. The molecule has 1 aliphatic heterocycles. The molecule has 1 aromatic heterocycles. The quantitative estimate of drug-likeness (QED) is 0.859. The van der Waals surface area contributed by atoms with E-state index in [1.54, 1.807) is 18.2 Å². The number of benzene rings is 1. The van der Waals surface area contributed by atoms with Gasteiger partial charge in [0.05, 0.1) is 13.2 Å². The lowest BCUT2D eigenvalue weighted by molar-refractivity contribution is 0.0377. The van der Waals surface area contributed by atoms with Crippen LogP contribution in [0.5, 0.6) is 0 Å². The van der Waals surface area contributed by atoms with Crippen molar-refractivity contribution < 1.29 is 13.7 Å². The van der Waals surface area contributed by atoms with Crippen LogP contribution in [0, 0.1) is 5.82 Å². The zero-order chi connectivity index (χ0) is 13.8. The number of morpholine rings is 1. The van der Waals surface area contributed by atoms with Crippen molar-refractivity contribution in [3.8, 4) is 11.3 Å². The van der Waals surface area contributed by atoms with Gasteiger partial charge in [-0.3, -0.25) is 4.90 Å². The predicted molar refractivity (Wildman–Crippen MR) is 72.9 cm³/mol. The first kappa shape index (κ1) is 13.3. The van der Waals surface area contributed by atoms with Crippen molar-refractivity contribution in [1.29, 1.82) is 0 Å². The topological polar surface area (TPSA) is 38.5 Å². The summed E-state index contributed by atoms with van der Waals surface area (Å²) in [5.74, 6) is 0.510. The van der Waals surface area contributed by atoms with Crippen molar-refractivity contribution in [2.75, 3.05) is 32.8 Å². The van der Waals surface area contributed by atoms with E-state index in [4.69, 9.17) is 9.26 Å². The fraction of sp³-hybridized carbons (Fsp3) is 0.400. The highest BCUT2D eigenvalue weighted by atomic mass is 19.1. The van der Waals surface area contributed by atoms with E-state index in [1.807, 2.05) is 6.07 Å². The number of rotatable bonds is 4. The van der Waals surface area contributed by atoms with Gasteiger partial charge < -0.3 is 9.26 Å². The summed E-state index contributed by atoms with van der Waals surface area (Å²) in [6, 6.07) is 8.41. The van der Waals surface area contributed by atoms with Gasteiger partial charge in [0.1, 0.15) is 17.3 Å². The van der Waals surface area contributed by atoms with E-state index in [0.29, 0.717) is 11.3 Å². The Morgan fingerprint density at radius 1 is 1.20 bits per heavy atom. The third kappa shape index (κ3) is 3.05. The molecule has 1 aliphatic rings. The van der Waals surface area contributed by atoms with Gasteiger partial charge >= 0.3 is 0 Å². The van der Waals surface area contributed by atoms with Crippen LogP contribution >= 0.6 is 0 Å². The Bertz CT molecular complexity index is 565. The molecular weight excluding hydrogens is 259 g/mol. The molecule has 0 radical (unpaired) electrons. The Labute approximate surface area is 117 Å². The van der Waals surface area contributed by atoms with Crippen LogP contribution in [0.25, 0.3) is 11.3 Å². The van der Waals surface area contributed by atoms with E-state index >= 15 is 0 Å². The molecule has 20 heavy (non-hydrogen) atoms. The number of halogens is 1. The highest BCUT2D eigenvalue weighted by Crippen LogP contribution is 2.22. The average molecular weight is 276 g/mol. The molecule has 0 unspecified atom stereocenters. The maximum atomic E-state index is 13.7. The normalized spacial score (nSPS) is 16.4. The van der Waals surface area contributed by atoms with Crippen LogP contribution in [0.15, 0.2) is 34.9 Å². The van der Waals surface area contributed by atoms with Crippen molar-refractivity contribution in [2.45, 2.75) is 6.42 Å². The molecule has 3 rings (SSSR count). The van der Waals surface area contributed by atoms with Crippen LogP contribution in [0.4, 0.5) is 4.39 Å². The molecule has 1 saturated heterocycles. The number of ether oxygens (including phenoxy) is 1. The van der Waals surface area contributed by atoms with Crippen molar-refractivity contribution in [2.24, 2.45) is 0 Å². The summed E-state index contributed by atoms with van der Waals surface area (Å²) in [7, 11) is 0. The lowest BCUT2D eigenvalue weighted by atomic mass is 10.1. The van der Waals surface area contributed by atoms with Crippen molar-refractivity contribution in [3.05, 3.63) is 41.9 Å². The molecule has 5 heteroatoms. The van der Waals surface area contributed by atoms with Crippen LogP contribution < -0.4 is 0 Å². The van der Waals surface area contributed by atoms with Gasteiger partial charge in [0.15, 0.2) is 0 Å². The molecule has 1 fully saturated rings. The second-order valence-electron chi connectivity index (χ2n) is 4.86. The van der Waals surface area contributed by atoms with E-state index in [1.165, 1.54) is 6.07 Å². The third-order valence-electron chi connectivity index (χ3n) is 3.49. The monoisotopic (exact) mass is 276 g/mol. The van der Waals surface area contributed by atoms with Gasteiger partial charge in [0, 0.05) is 37.7 Å². The Balaban J connectivity index is 1.63. The molecule has 0 aliphatic carbocycles. The standard InChI is InChI=1S/C15H17FN2O2/c16-14-4-2-1-3-13(14)15-11-12(20-17-15)5-6-18-7-9-19-10-8-18/h1-4,11H,5-10H2. The molecule has 4 nitrogen and oxygen atoms in total. The minimum atomic E-state index is -0.277. The number of hydrogen-bond donors (Lipinski definition) is 0. The van der Waals surface area contributed by atoms with Crippen molar-refractivity contribution in [1.82, 2.24) is 10.1 Å². The maximum absolute atomic E-state index is 13.7. The van der Waals surface area contributed by atoms with Gasteiger partial charge in [-0.05, 0) is 12.1 Å². The number of aromatic nitrogens is 1. The molecule has 0 bridgehead atoms. The molecule has 2 heterocycles. The van der Waals surface area contributed by atoms with Crippen LogP contribution in [-0.2, 0) is 11.2 Å². The van der Waals surface area contributed by atoms with E-state index in [2.05, 4.69) is 10.1 Å². The fourth-order valence-electron chi connectivity index (χ4n) is 2.32. The van der Waals surface area contributed by atoms with E-state index in [0.717, 1.165) is 45.0 Å². The summed E-state index contributed by atoms with van der Waals surface area (Å²) < 4.78 is 24.3. The van der Waals surface area contributed by atoms with Gasteiger partial charge in [-0.1, -0.05) is 17.3 Å². The molecule has 2 aromatic rings. The zero-order valence-corrected chi connectivity index (χ0v) is 11.2. The van der Waals surface area contributed by atoms with E-state index in [-0.39, 0.29) is 5.82 Å². The number of nitrogens with zero attached hydrogens (tertiary/aromatic N) is 2. The summed E-state index contributed by atoms with van der Waals surface area (Å²) in [6.07, 6.45) is 0.779. The highest BCUT2D eigenvalue weighted by Gasteiger charge is 2.13. The Morgan fingerprint density at radius 2 is 2.00 bits per heavy atom. The van der Waals surface area contributed by atoms with Gasteiger partial charge in [-0.2, -0.15) is 0 Å². The Morgan fingerprint density at radius 3 is 2.80 bits per heavy atom. The van der Waals surface area contributed by atoms with Gasteiger partial charge in [0.25, 0.3) is 0 Å². The van der Waals surface area contributed by atoms with Gasteiger partial charge in [-0.25, -0.2) is 4.39 Å².